The van der Waals surface area contributed by atoms with Crippen molar-refractivity contribution in [2.45, 2.75) is 212 Å². The second-order valence-electron chi connectivity index (χ2n) is 17.1. The molecule has 0 aliphatic carbocycles. The summed E-state index contributed by atoms with van der Waals surface area (Å²) in [6.07, 6.45) is 50.4. The van der Waals surface area contributed by atoms with Gasteiger partial charge in [0.1, 0.15) is 13.2 Å². The molecule has 0 heterocycles. The molecule has 0 aromatic carbocycles. The number of amides is 1. The predicted molar refractivity (Wildman–Crippen MR) is 244 cm³/mol. The lowest BCUT2D eigenvalue weighted by molar-refractivity contribution is -0.870. The molecule has 0 bridgehead atoms. The van der Waals surface area contributed by atoms with Crippen LogP contribution in [-0.4, -0.2) is 73.4 Å². The summed E-state index contributed by atoms with van der Waals surface area (Å²) in [4.78, 5) is 23.1. The van der Waals surface area contributed by atoms with E-state index in [1.165, 1.54) is 135 Å². The minimum absolute atomic E-state index is 0.0518. The van der Waals surface area contributed by atoms with Crippen molar-refractivity contribution >= 4 is 13.7 Å². The molecule has 0 aromatic heterocycles. The fraction of sp³-hybridized carbons (Fsp3) is 0.812. The monoisotopic (exact) mass is 824 g/mol. The summed E-state index contributed by atoms with van der Waals surface area (Å²) >= 11 is 0. The number of aliphatic hydroxyl groups is 1. The second-order valence-corrected chi connectivity index (χ2v) is 18.6. The van der Waals surface area contributed by atoms with E-state index in [-0.39, 0.29) is 19.1 Å². The van der Waals surface area contributed by atoms with Crippen LogP contribution >= 0.6 is 7.82 Å². The first-order valence-electron chi connectivity index (χ1n) is 23.5. The highest BCUT2D eigenvalue weighted by Gasteiger charge is 2.27. The van der Waals surface area contributed by atoms with Crippen molar-refractivity contribution < 1.29 is 32.9 Å². The number of carbonyl (C=O) groups excluding carboxylic acids is 1. The lowest BCUT2D eigenvalue weighted by atomic mass is 10.1. The number of aliphatic hydroxyl groups excluding tert-OH is 1. The molecule has 0 aromatic rings. The first-order valence-corrected chi connectivity index (χ1v) is 25.0. The lowest BCUT2D eigenvalue weighted by Crippen LogP contribution is -2.45. The van der Waals surface area contributed by atoms with E-state index in [0.717, 1.165) is 44.9 Å². The third kappa shape index (κ3) is 42.4. The van der Waals surface area contributed by atoms with Gasteiger partial charge in [0.25, 0.3) is 0 Å². The van der Waals surface area contributed by atoms with Crippen LogP contribution in [0.25, 0.3) is 0 Å². The zero-order valence-electron chi connectivity index (χ0n) is 37.8. The number of phosphoric acid groups is 1. The molecule has 8 nitrogen and oxygen atoms in total. The van der Waals surface area contributed by atoms with Gasteiger partial charge in [-0.1, -0.05) is 172 Å². The van der Waals surface area contributed by atoms with E-state index in [1.807, 2.05) is 27.2 Å². The Morgan fingerprint density at radius 3 is 1.40 bits per heavy atom. The normalized spacial score (nSPS) is 14.7. The number of likely N-dealkylation sites (N-methyl/N-ethyl adjacent to an activating group) is 1. The van der Waals surface area contributed by atoms with Crippen LogP contribution in [0.1, 0.15) is 200 Å². The van der Waals surface area contributed by atoms with Crippen molar-refractivity contribution in [3.63, 3.8) is 0 Å². The Morgan fingerprint density at radius 2 is 0.965 bits per heavy atom. The molecule has 0 saturated heterocycles. The smallest absolute Gasteiger partial charge is 0.387 e. The lowest BCUT2D eigenvalue weighted by Gasteiger charge is -2.25. The van der Waals surface area contributed by atoms with Gasteiger partial charge in [-0.05, 0) is 70.6 Å². The Kier molecular flexibility index (Phi) is 38.8. The number of quaternary nitrogens is 1. The van der Waals surface area contributed by atoms with Gasteiger partial charge < -0.3 is 19.8 Å². The molecule has 3 unspecified atom stereocenters. The molecular weight excluding hydrogens is 732 g/mol. The Bertz CT molecular complexity index is 1070. The third-order valence-corrected chi connectivity index (χ3v) is 11.2. The highest BCUT2D eigenvalue weighted by atomic mass is 31.2. The summed E-state index contributed by atoms with van der Waals surface area (Å²) < 4.78 is 23.6. The molecule has 1 amide bonds. The van der Waals surface area contributed by atoms with Crippen LogP contribution in [0.3, 0.4) is 0 Å². The van der Waals surface area contributed by atoms with E-state index >= 15 is 0 Å². The van der Waals surface area contributed by atoms with Gasteiger partial charge in [0.2, 0.25) is 5.91 Å². The number of unbranched alkanes of at least 4 members (excludes halogenated alkanes) is 23. The molecule has 3 atom stereocenters. The molecule has 3 N–H and O–H groups in total. The highest BCUT2D eigenvalue weighted by Crippen LogP contribution is 2.43. The molecule has 0 aliphatic heterocycles. The zero-order valence-corrected chi connectivity index (χ0v) is 38.7. The van der Waals surface area contributed by atoms with Crippen molar-refractivity contribution in [1.82, 2.24) is 5.32 Å². The van der Waals surface area contributed by atoms with Crippen molar-refractivity contribution in [3.8, 4) is 0 Å². The van der Waals surface area contributed by atoms with Gasteiger partial charge >= 0.3 is 7.82 Å². The number of rotatable bonds is 42. The van der Waals surface area contributed by atoms with Crippen LogP contribution in [0.5, 0.6) is 0 Å². The molecule has 0 aliphatic rings. The van der Waals surface area contributed by atoms with E-state index in [9.17, 15) is 19.4 Å². The van der Waals surface area contributed by atoms with Crippen molar-refractivity contribution in [1.29, 1.82) is 0 Å². The number of nitrogens with zero attached hydrogens (tertiary/aromatic N) is 1. The fourth-order valence-corrected chi connectivity index (χ4v) is 7.21. The molecule has 57 heavy (non-hydrogen) atoms. The van der Waals surface area contributed by atoms with Crippen LogP contribution in [0.15, 0.2) is 48.6 Å². The number of allylic oxidation sites excluding steroid dienone is 7. The third-order valence-electron chi connectivity index (χ3n) is 10.2. The van der Waals surface area contributed by atoms with E-state index in [1.54, 1.807) is 6.08 Å². The largest absolute Gasteiger partial charge is 0.472 e. The van der Waals surface area contributed by atoms with Crippen LogP contribution in [0.4, 0.5) is 0 Å². The zero-order chi connectivity index (χ0) is 42.1. The Hall–Kier alpha value is -1.54. The van der Waals surface area contributed by atoms with E-state index < -0.39 is 20.0 Å². The van der Waals surface area contributed by atoms with Gasteiger partial charge in [-0.15, -0.1) is 0 Å². The summed E-state index contributed by atoms with van der Waals surface area (Å²) in [5.74, 6) is -0.197. The molecule has 334 valence electrons. The highest BCUT2D eigenvalue weighted by molar-refractivity contribution is 7.47. The van der Waals surface area contributed by atoms with Crippen LogP contribution < -0.4 is 5.32 Å². The number of hydrogen-bond donors (Lipinski definition) is 3. The van der Waals surface area contributed by atoms with Gasteiger partial charge in [-0.25, -0.2) is 4.57 Å². The van der Waals surface area contributed by atoms with Crippen molar-refractivity contribution in [3.05, 3.63) is 48.6 Å². The maximum Gasteiger partial charge on any atom is 0.472 e. The quantitative estimate of drug-likeness (QED) is 0.0245. The summed E-state index contributed by atoms with van der Waals surface area (Å²) in [6.45, 7) is 4.77. The molecule has 0 saturated carbocycles. The Balaban J connectivity index is 4.47. The summed E-state index contributed by atoms with van der Waals surface area (Å²) in [5, 5.41) is 13.8. The topological polar surface area (TPSA) is 105 Å². The molecular formula is C48H92N2O6P+. The number of nitrogens with one attached hydrogen (secondary N) is 1. The molecule has 0 radical (unpaired) electrons. The SMILES string of the molecule is CCCCCCCCC/C=C\CCCCCCCCCC(=O)NC(COP(=O)(O)OCC[N+](C)(C)C)C(O)/C=C/CC/C=C/CC/C=C/CCCCCCCCC. The second kappa shape index (κ2) is 39.9. The molecule has 9 heteroatoms. The average Bonchev–Trinajstić information content (AvgIpc) is 3.16. The minimum atomic E-state index is -4.35. The Morgan fingerprint density at radius 1 is 0.579 bits per heavy atom. The summed E-state index contributed by atoms with van der Waals surface area (Å²) in [6, 6.07) is -0.871. The van der Waals surface area contributed by atoms with Crippen LogP contribution in [0.2, 0.25) is 0 Å². The van der Waals surface area contributed by atoms with Gasteiger partial charge in [-0.2, -0.15) is 0 Å². The van der Waals surface area contributed by atoms with Crippen LogP contribution in [0, 0.1) is 0 Å². The maximum absolute atomic E-state index is 12.9. The first kappa shape index (κ1) is 55.5. The fourth-order valence-electron chi connectivity index (χ4n) is 6.48. The van der Waals surface area contributed by atoms with Crippen molar-refractivity contribution in [2.75, 3.05) is 40.9 Å². The maximum atomic E-state index is 12.9. The molecule has 0 fully saturated rings. The summed E-state index contributed by atoms with van der Waals surface area (Å²) in [7, 11) is 1.54. The average molecular weight is 824 g/mol. The van der Waals surface area contributed by atoms with E-state index in [0.29, 0.717) is 17.4 Å². The van der Waals surface area contributed by atoms with Gasteiger partial charge in [0.15, 0.2) is 0 Å². The summed E-state index contributed by atoms with van der Waals surface area (Å²) in [5.41, 5.74) is 0. The number of phosphoric ester groups is 1. The minimum Gasteiger partial charge on any atom is -0.387 e. The Labute approximate surface area is 352 Å². The van der Waals surface area contributed by atoms with E-state index in [4.69, 9.17) is 9.05 Å². The van der Waals surface area contributed by atoms with Crippen molar-refractivity contribution in [2.24, 2.45) is 0 Å². The molecule has 0 rings (SSSR count). The number of carbonyl (C=O) groups is 1. The van der Waals surface area contributed by atoms with E-state index in [2.05, 4.69) is 55.6 Å². The van der Waals surface area contributed by atoms with Gasteiger partial charge in [-0.3, -0.25) is 13.8 Å². The molecule has 0 spiro atoms. The van der Waals surface area contributed by atoms with Gasteiger partial charge in [0.05, 0.1) is 39.9 Å². The first-order chi connectivity index (χ1) is 27.5. The van der Waals surface area contributed by atoms with Crippen LogP contribution in [-0.2, 0) is 18.4 Å². The predicted octanol–water partition coefficient (Wildman–Crippen LogP) is 13.2. The number of hydrogen-bond acceptors (Lipinski definition) is 5. The standard InChI is InChI=1S/C48H91N2O6P/c1-6-8-10-12-14-16-18-20-22-24-26-28-30-32-34-36-38-40-42-48(52)49-46(45-56-57(53,54)55-44-43-50(3,4)5)47(51)41-39-37-35-33-31-29-27-25-23-21-19-17-15-13-11-9-7-2/h22-25,31,33,39,41,46-47,51H,6-21,26-30,32,34-38,40,42-45H2,1-5H3,(H-,49,52,53,54)/p+1/b24-22-,25-23+,33-31+,41-39+. The van der Waals surface area contributed by atoms with Gasteiger partial charge in [0, 0.05) is 6.42 Å².